The molecule has 162 valence electrons. The largest absolute Gasteiger partial charge is 0.487 e. The second-order valence-corrected chi connectivity index (χ2v) is 7.51. The average Bonchev–Trinajstić information content (AvgIpc) is 3.27. The summed E-state index contributed by atoms with van der Waals surface area (Å²) in [5.41, 5.74) is 2.52. The number of carbonyl (C=O) groups is 1. The molecule has 1 saturated heterocycles. The van der Waals surface area contributed by atoms with Crippen LogP contribution in [0.1, 0.15) is 23.4 Å². The van der Waals surface area contributed by atoms with E-state index < -0.39 is 6.61 Å². The summed E-state index contributed by atoms with van der Waals surface area (Å²) < 4.78 is 19.4. The molecule has 4 rings (SSSR count). The lowest BCUT2D eigenvalue weighted by Gasteiger charge is -2.17. The molecular formula is C24H21FN4O3. The number of hydrogen-bond donors (Lipinski definition) is 1. The fraction of sp³-hybridized carbons (Fsp3) is 0.250. The maximum Gasteiger partial charge on any atom is 0.248 e. The molecule has 0 spiro atoms. The monoisotopic (exact) mass is 432 g/mol. The minimum absolute atomic E-state index is 0.236. The Bertz CT molecular complexity index is 1180. The lowest BCUT2D eigenvalue weighted by atomic mass is 10.1. The molecule has 1 aromatic heterocycles. The van der Waals surface area contributed by atoms with Crippen molar-refractivity contribution in [2.45, 2.75) is 18.9 Å². The molecule has 2 aromatic carbocycles. The first-order chi connectivity index (χ1) is 15.6. The molecule has 1 fully saturated rings. The van der Waals surface area contributed by atoms with Crippen molar-refractivity contribution in [1.82, 2.24) is 14.9 Å². The van der Waals surface area contributed by atoms with Crippen LogP contribution >= 0.6 is 0 Å². The van der Waals surface area contributed by atoms with Crippen LogP contribution in [0.4, 0.5) is 4.39 Å². The van der Waals surface area contributed by atoms with E-state index in [4.69, 9.17) is 9.84 Å². The predicted molar refractivity (Wildman–Crippen MR) is 114 cm³/mol. The van der Waals surface area contributed by atoms with Crippen molar-refractivity contribution in [2.24, 2.45) is 0 Å². The van der Waals surface area contributed by atoms with Gasteiger partial charge in [-0.2, -0.15) is 5.26 Å². The zero-order valence-corrected chi connectivity index (χ0v) is 17.2. The van der Waals surface area contributed by atoms with Crippen LogP contribution in [0.5, 0.6) is 5.75 Å². The highest BCUT2D eigenvalue weighted by molar-refractivity contribution is 5.77. The average molecular weight is 432 g/mol. The number of aliphatic hydroxyl groups is 1. The Labute approximate surface area is 184 Å². The zero-order chi connectivity index (χ0) is 22.5. The number of benzene rings is 2. The van der Waals surface area contributed by atoms with Gasteiger partial charge < -0.3 is 14.7 Å². The van der Waals surface area contributed by atoms with Gasteiger partial charge in [-0.1, -0.05) is 12.1 Å². The number of ether oxygens (including phenoxy) is 1. The summed E-state index contributed by atoms with van der Waals surface area (Å²) in [6, 6.07) is 15.5. The molecule has 8 heteroatoms. The van der Waals surface area contributed by atoms with Crippen molar-refractivity contribution >= 4 is 5.91 Å². The van der Waals surface area contributed by atoms with E-state index in [2.05, 4.69) is 16.0 Å². The Morgan fingerprint density at radius 2 is 2.16 bits per heavy atom. The number of halogens is 1. The van der Waals surface area contributed by atoms with Gasteiger partial charge >= 0.3 is 0 Å². The summed E-state index contributed by atoms with van der Waals surface area (Å²) in [5, 5.41) is 18.6. The number of likely N-dealkylation sites (tertiary alicyclic amines) is 1. The normalized spacial score (nSPS) is 15.4. The molecular weight excluding hydrogens is 411 g/mol. The quantitative estimate of drug-likeness (QED) is 0.643. The molecule has 32 heavy (non-hydrogen) atoms. The molecule has 1 N–H and O–H groups in total. The minimum atomic E-state index is -0.523. The van der Waals surface area contributed by atoms with Gasteiger partial charge in [0, 0.05) is 31.1 Å². The van der Waals surface area contributed by atoms with E-state index >= 15 is 0 Å². The number of hydrogen-bond acceptors (Lipinski definition) is 6. The van der Waals surface area contributed by atoms with E-state index in [1.165, 1.54) is 12.1 Å². The van der Waals surface area contributed by atoms with Crippen molar-refractivity contribution in [3.8, 4) is 23.1 Å². The summed E-state index contributed by atoms with van der Waals surface area (Å²) >= 11 is 0. The van der Waals surface area contributed by atoms with Gasteiger partial charge in [0.1, 0.15) is 36.2 Å². The molecule has 2 heterocycles. The standard InChI is InChI=1S/C24H21FN4O3/c25-19-3-1-2-16(10-19)11-23-27-8-6-21(28-23)17-4-5-22(18(12-17)13-26)32-20-7-9-29(14-20)24(31)15-30/h1-6,8,10,12,20,30H,7,9,11,14-15H2/t20-/m1/s1. The van der Waals surface area contributed by atoms with Crippen molar-refractivity contribution < 1.29 is 19.0 Å². The number of rotatable bonds is 6. The summed E-state index contributed by atoms with van der Waals surface area (Å²) in [5.74, 6) is 0.351. The Balaban J connectivity index is 1.51. The first-order valence-electron chi connectivity index (χ1n) is 10.2. The first kappa shape index (κ1) is 21.4. The summed E-state index contributed by atoms with van der Waals surface area (Å²) in [4.78, 5) is 22.0. The van der Waals surface area contributed by atoms with Crippen LogP contribution in [-0.2, 0) is 11.2 Å². The SMILES string of the molecule is N#Cc1cc(-c2ccnc(Cc3cccc(F)c3)n2)ccc1O[C@@H]1CCN(C(=O)CO)C1. The second kappa shape index (κ2) is 9.54. The Morgan fingerprint density at radius 1 is 1.28 bits per heavy atom. The number of nitrogens with zero attached hydrogens (tertiary/aromatic N) is 4. The van der Waals surface area contributed by atoms with Crippen molar-refractivity contribution in [3.63, 3.8) is 0 Å². The zero-order valence-electron chi connectivity index (χ0n) is 17.2. The highest BCUT2D eigenvalue weighted by Gasteiger charge is 2.27. The molecule has 0 saturated carbocycles. The Hall–Kier alpha value is -3.83. The number of carbonyl (C=O) groups excluding carboxylic acids is 1. The van der Waals surface area contributed by atoms with Gasteiger partial charge in [0.2, 0.25) is 5.91 Å². The lowest BCUT2D eigenvalue weighted by molar-refractivity contribution is -0.133. The summed E-state index contributed by atoms with van der Waals surface area (Å²) in [6.07, 6.45) is 2.43. The maximum absolute atomic E-state index is 13.4. The number of aromatic nitrogens is 2. The summed E-state index contributed by atoms with van der Waals surface area (Å²) in [6.45, 7) is 0.366. The number of aliphatic hydroxyl groups excluding tert-OH is 1. The minimum Gasteiger partial charge on any atom is -0.487 e. The number of amides is 1. The van der Waals surface area contributed by atoms with Crippen LogP contribution in [0.15, 0.2) is 54.7 Å². The maximum atomic E-state index is 13.4. The van der Waals surface area contributed by atoms with Crippen LogP contribution in [-0.4, -0.2) is 51.7 Å². The third-order valence-electron chi connectivity index (χ3n) is 5.28. The second-order valence-electron chi connectivity index (χ2n) is 7.51. The topological polar surface area (TPSA) is 99.3 Å². The first-order valence-corrected chi connectivity index (χ1v) is 10.2. The van der Waals surface area contributed by atoms with E-state index in [0.29, 0.717) is 48.8 Å². The molecule has 1 atom stereocenters. The molecule has 7 nitrogen and oxygen atoms in total. The van der Waals surface area contributed by atoms with Crippen LogP contribution in [0.3, 0.4) is 0 Å². The highest BCUT2D eigenvalue weighted by atomic mass is 19.1. The van der Waals surface area contributed by atoms with Gasteiger partial charge in [0.05, 0.1) is 17.8 Å². The predicted octanol–water partition coefficient (Wildman–Crippen LogP) is 2.72. The summed E-state index contributed by atoms with van der Waals surface area (Å²) in [7, 11) is 0. The van der Waals surface area contributed by atoms with E-state index in [9.17, 15) is 14.4 Å². The molecule has 0 aliphatic carbocycles. The fourth-order valence-electron chi connectivity index (χ4n) is 3.68. The van der Waals surface area contributed by atoms with E-state index in [-0.39, 0.29) is 17.8 Å². The van der Waals surface area contributed by atoms with Crippen molar-refractivity contribution in [2.75, 3.05) is 19.7 Å². The Kier molecular flexibility index (Phi) is 6.38. The smallest absolute Gasteiger partial charge is 0.248 e. The van der Waals surface area contributed by atoms with E-state index in [0.717, 1.165) is 11.1 Å². The van der Waals surface area contributed by atoms with Crippen molar-refractivity contribution in [3.05, 3.63) is 77.5 Å². The molecule has 1 aliphatic rings. The third-order valence-corrected chi connectivity index (χ3v) is 5.28. The highest BCUT2D eigenvalue weighted by Crippen LogP contribution is 2.27. The molecule has 3 aromatic rings. The molecule has 1 amide bonds. The third kappa shape index (κ3) is 4.90. The molecule has 0 unspecified atom stereocenters. The Morgan fingerprint density at radius 3 is 2.94 bits per heavy atom. The van der Waals surface area contributed by atoms with Gasteiger partial charge in [-0.25, -0.2) is 14.4 Å². The van der Waals surface area contributed by atoms with E-state index in [1.54, 1.807) is 35.4 Å². The lowest BCUT2D eigenvalue weighted by Crippen LogP contribution is -2.32. The molecule has 0 radical (unpaired) electrons. The van der Waals surface area contributed by atoms with Crippen LogP contribution in [0.2, 0.25) is 0 Å². The van der Waals surface area contributed by atoms with Crippen LogP contribution in [0.25, 0.3) is 11.3 Å². The van der Waals surface area contributed by atoms with Gasteiger partial charge in [0.25, 0.3) is 0 Å². The van der Waals surface area contributed by atoms with Crippen LogP contribution < -0.4 is 4.74 Å². The van der Waals surface area contributed by atoms with Gasteiger partial charge in [0.15, 0.2) is 0 Å². The molecule has 1 aliphatic heterocycles. The van der Waals surface area contributed by atoms with Gasteiger partial charge in [-0.05, 0) is 42.0 Å². The van der Waals surface area contributed by atoms with Crippen LogP contribution in [0, 0.1) is 17.1 Å². The number of nitriles is 1. The van der Waals surface area contributed by atoms with Crippen molar-refractivity contribution in [1.29, 1.82) is 5.26 Å². The van der Waals surface area contributed by atoms with Gasteiger partial charge in [-0.15, -0.1) is 0 Å². The molecule has 0 bridgehead atoms. The fourth-order valence-corrected chi connectivity index (χ4v) is 3.68. The van der Waals surface area contributed by atoms with Gasteiger partial charge in [-0.3, -0.25) is 4.79 Å². The van der Waals surface area contributed by atoms with E-state index in [1.807, 2.05) is 12.1 Å².